The normalized spacial score (nSPS) is 11.8. The van der Waals surface area contributed by atoms with Crippen LogP contribution < -0.4 is 90.0 Å². The Hall–Kier alpha value is -2.65. The molecule has 0 fully saturated rings. The van der Waals surface area contributed by atoms with Gasteiger partial charge < -0.3 is 50.3 Å². The minimum Gasteiger partial charge on any atom is -0.546 e. The zero-order valence-electron chi connectivity index (χ0n) is 27.1. The van der Waals surface area contributed by atoms with Gasteiger partial charge in [0.2, 0.25) is 11.8 Å². The summed E-state index contributed by atoms with van der Waals surface area (Å²) in [4.78, 5) is 61.9. The van der Waals surface area contributed by atoms with E-state index < -0.39 is 59.7 Å². The van der Waals surface area contributed by atoms with Crippen molar-refractivity contribution in [2.24, 2.45) is 0 Å². The molecule has 0 radical (unpaired) electrons. The molecule has 0 aliphatic rings. The van der Waals surface area contributed by atoms with E-state index in [1.54, 1.807) is 51.1 Å². The second-order valence-corrected chi connectivity index (χ2v) is 11.0. The van der Waals surface area contributed by atoms with E-state index in [1.165, 1.54) is 12.1 Å². The summed E-state index contributed by atoms with van der Waals surface area (Å²) in [6.07, 6.45) is 0.883. The van der Waals surface area contributed by atoms with Crippen molar-refractivity contribution in [3.05, 3.63) is 65.2 Å². The first-order chi connectivity index (χ1) is 20.8. The van der Waals surface area contributed by atoms with E-state index >= 15 is 0 Å². The van der Waals surface area contributed by atoms with Crippen molar-refractivity contribution in [2.45, 2.75) is 70.6 Å². The Morgan fingerprint density at radius 1 is 0.826 bits per heavy atom. The van der Waals surface area contributed by atoms with Gasteiger partial charge in [-0.2, -0.15) is 0 Å². The van der Waals surface area contributed by atoms with Crippen LogP contribution in [0.15, 0.2) is 48.5 Å². The Labute approximate surface area is 312 Å². The third-order valence-electron chi connectivity index (χ3n) is 6.11. The second kappa shape index (κ2) is 22.0. The third kappa shape index (κ3) is 16.8. The smallest absolute Gasteiger partial charge is 0.546 e. The number of aliphatic carboxylic acids is 1. The van der Waals surface area contributed by atoms with Crippen LogP contribution in [0.4, 0.5) is 4.79 Å². The first-order valence-corrected chi connectivity index (χ1v) is 14.2. The topological polar surface area (TPSA) is 206 Å². The Morgan fingerprint density at radius 3 is 2.04 bits per heavy atom. The Balaban J connectivity index is 0.0000101. The van der Waals surface area contributed by atoms with Gasteiger partial charge in [0.25, 0.3) is 0 Å². The van der Waals surface area contributed by atoms with Crippen LogP contribution in [0.1, 0.15) is 61.5 Å². The quantitative estimate of drug-likeness (QED) is 0.0934. The van der Waals surface area contributed by atoms with E-state index in [0.29, 0.717) is 24.8 Å². The van der Waals surface area contributed by atoms with Gasteiger partial charge in [0.05, 0.1) is 11.9 Å². The van der Waals surface area contributed by atoms with Crippen LogP contribution in [0.2, 0.25) is 0 Å². The molecule has 240 valence electrons. The predicted molar refractivity (Wildman–Crippen MR) is 154 cm³/mol. The van der Waals surface area contributed by atoms with Crippen LogP contribution in [-0.4, -0.2) is 72.4 Å². The van der Waals surface area contributed by atoms with Crippen molar-refractivity contribution in [1.29, 1.82) is 0 Å². The van der Waals surface area contributed by atoms with Gasteiger partial charge in [-0.25, -0.2) is 4.79 Å². The number of hydrogen-bond acceptors (Lipinski definition) is 10. The molecule has 0 saturated heterocycles. The molecular weight excluding hydrogens is 620 g/mol. The molecule has 0 saturated carbocycles. The molecule has 15 heteroatoms. The molecule has 13 nitrogen and oxygen atoms in total. The van der Waals surface area contributed by atoms with Crippen LogP contribution in [0.3, 0.4) is 0 Å². The van der Waals surface area contributed by atoms with Gasteiger partial charge in [-0.15, -0.1) is 0 Å². The Bertz CT molecular complexity index is 1290. The maximum absolute atomic E-state index is 13.6. The van der Waals surface area contributed by atoms with Crippen LogP contribution in [0.25, 0.3) is 0 Å². The number of ether oxygens (including phenoxy) is 2. The van der Waals surface area contributed by atoms with E-state index in [-0.39, 0.29) is 90.9 Å². The van der Waals surface area contributed by atoms with Crippen LogP contribution in [0.5, 0.6) is 5.75 Å². The number of nitrogens with one attached hydrogen (secondary N) is 3. The largest absolute Gasteiger partial charge is 1.00 e. The number of carboxylic acids is 2. The maximum Gasteiger partial charge on any atom is 1.00 e. The predicted octanol–water partition coefficient (Wildman–Crippen LogP) is -6.37. The average Bonchev–Trinajstić information content (AvgIpc) is 2.94. The molecular formula is C31H39N3Na2O10. The van der Waals surface area contributed by atoms with Gasteiger partial charge in [-0.1, -0.05) is 36.4 Å². The standard InChI is InChI=1S/C31H41N3O10.2Na/c1-31(2,3)44-30(42)34-24(17-20-10-6-4-7-11-20)28(39)33-23(27(38)32-14-8-5-9-15-35)18-21-12-13-25(43-19-26(36)37)22(16-21)29(40)41;;/h4,6-7,10-13,16,23-24,35H,5,8-9,14-15,17-19H2,1-3H3,(H,32,38)(H,33,39)(H,34,42)(H,36,37)(H,40,41);;/q;2*+1/p-2. The number of aromatic carboxylic acids is 1. The second-order valence-electron chi connectivity index (χ2n) is 11.0. The number of rotatable bonds is 17. The van der Waals surface area contributed by atoms with Crippen molar-refractivity contribution in [3.63, 3.8) is 0 Å². The summed E-state index contributed by atoms with van der Waals surface area (Å²) < 4.78 is 10.3. The number of aliphatic hydroxyl groups is 1. The number of aliphatic hydroxyl groups excluding tert-OH is 1. The van der Waals surface area contributed by atoms with Crippen LogP contribution in [-0.2, 0) is 32.0 Å². The molecule has 0 aliphatic carbocycles. The van der Waals surface area contributed by atoms with Crippen molar-refractivity contribution in [1.82, 2.24) is 16.0 Å². The van der Waals surface area contributed by atoms with Crippen molar-refractivity contribution in [2.75, 3.05) is 19.8 Å². The van der Waals surface area contributed by atoms with Gasteiger partial charge in [-0.05, 0) is 63.3 Å². The number of carboxylic acid groups (broad SMARTS) is 2. The number of amides is 3. The van der Waals surface area contributed by atoms with E-state index in [2.05, 4.69) is 16.0 Å². The summed E-state index contributed by atoms with van der Waals surface area (Å²) >= 11 is 0. The number of unbranched alkanes of at least 4 members (excludes halogenated alkanes) is 2. The van der Waals surface area contributed by atoms with Crippen molar-refractivity contribution in [3.8, 4) is 5.75 Å². The van der Waals surface area contributed by atoms with E-state index in [9.17, 15) is 34.2 Å². The number of carbonyl (C=O) groups is 5. The van der Waals surface area contributed by atoms with Gasteiger partial charge in [0.1, 0.15) is 30.0 Å². The Kier molecular flexibility index (Phi) is 20.7. The monoisotopic (exact) mass is 659 g/mol. The first-order valence-electron chi connectivity index (χ1n) is 14.2. The molecule has 3 amide bonds. The van der Waals surface area contributed by atoms with Crippen molar-refractivity contribution < 1.29 is 108 Å². The summed E-state index contributed by atoms with van der Waals surface area (Å²) in [7, 11) is 0. The molecule has 4 N–H and O–H groups in total. The summed E-state index contributed by atoms with van der Waals surface area (Å²) in [5.41, 5.74) is -0.249. The zero-order valence-corrected chi connectivity index (χ0v) is 31.1. The molecule has 0 bridgehead atoms. The SMILES string of the molecule is CC(C)(C)OC(=O)NC(Cc1ccccc1)C(=O)NC(Cc1ccc(OCC(=O)[O-])c(C(=O)[O-])c1)C(=O)NCCCCCO.[Na+].[Na+]. The molecule has 2 rings (SSSR count). The summed E-state index contributed by atoms with van der Waals surface area (Å²) in [5.74, 6) is -4.71. The zero-order chi connectivity index (χ0) is 32.7. The van der Waals surface area contributed by atoms with E-state index in [0.717, 1.165) is 11.6 Å². The first kappa shape index (κ1) is 43.4. The van der Waals surface area contributed by atoms with Crippen LogP contribution in [0, 0.1) is 0 Å². The van der Waals surface area contributed by atoms with Gasteiger partial charge in [0.15, 0.2) is 0 Å². The summed E-state index contributed by atoms with van der Waals surface area (Å²) in [6, 6.07) is 10.4. The molecule has 2 atom stereocenters. The fourth-order valence-electron chi connectivity index (χ4n) is 4.10. The molecule has 0 aromatic heterocycles. The third-order valence-corrected chi connectivity index (χ3v) is 6.11. The summed E-state index contributed by atoms with van der Waals surface area (Å²) in [5, 5.41) is 39.5. The van der Waals surface area contributed by atoms with E-state index in [1.807, 2.05) is 0 Å². The van der Waals surface area contributed by atoms with E-state index in [4.69, 9.17) is 14.6 Å². The number of hydrogen-bond donors (Lipinski definition) is 4. The number of carbonyl (C=O) groups excluding carboxylic acids is 5. The number of benzene rings is 2. The molecule has 2 unspecified atom stereocenters. The molecule has 0 aliphatic heterocycles. The molecule has 2 aromatic rings. The maximum atomic E-state index is 13.6. The van der Waals surface area contributed by atoms with Gasteiger partial charge >= 0.3 is 65.2 Å². The molecule has 2 aromatic carbocycles. The molecule has 46 heavy (non-hydrogen) atoms. The molecule has 0 heterocycles. The summed E-state index contributed by atoms with van der Waals surface area (Å²) in [6.45, 7) is 4.42. The fraction of sp³-hybridized carbons (Fsp3) is 0.452. The van der Waals surface area contributed by atoms with Crippen molar-refractivity contribution >= 4 is 29.8 Å². The molecule has 0 spiro atoms. The van der Waals surface area contributed by atoms with Gasteiger partial charge in [0, 0.05) is 31.6 Å². The minimum absolute atomic E-state index is 0. The van der Waals surface area contributed by atoms with Crippen LogP contribution >= 0.6 is 0 Å². The average molecular weight is 660 g/mol. The minimum atomic E-state index is -1.64. The Morgan fingerprint density at radius 2 is 1.46 bits per heavy atom. The number of alkyl carbamates (subject to hydrolysis) is 1. The fourth-order valence-corrected chi connectivity index (χ4v) is 4.10. The van der Waals surface area contributed by atoms with Gasteiger partial charge in [-0.3, -0.25) is 9.59 Å².